The second-order valence-electron chi connectivity index (χ2n) is 8.19. The Morgan fingerprint density at radius 2 is 1.68 bits per heavy atom. The van der Waals surface area contributed by atoms with Crippen molar-refractivity contribution < 1.29 is 22.7 Å². The first-order valence-electron chi connectivity index (χ1n) is 11.8. The van der Waals surface area contributed by atoms with Crippen LogP contribution in [0.15, 0.2) is 87.0 Å². The van der Waals surface area contributed by atoms with Crippen molar-refractivity contribution in [2.45, 2.75) is 31.8 Å². The van der Waals surface area contributed by atoms with E-state index in [1.165, 1.54) is 4.90 Å². The Hall–Kier alpha value is -3.56. The molecule has 0 aromatic heterocycles. The largest absolute Gasteiger partial charge is 0.493 e. The zero-order valence-corrected chi connectivity index (χ0v) is 22.5. The van der Waals surface area contributed by atoms with E-state index in [4.69, 9.17) is 9.47 Å². The van der Waals surface area contributed by atoms with Gasteiger partial charge in [0.25, 0.3) is 15.9 Å². The molecule has 1 heterocycles. The van der Waals surface area contributed by atoms with Gasteiger partial charge in [0, 0.05) is 6.54 Å². The summed E-state index contributed by atoms with van der Waals surface area (Å²) in [6.45, 7) is 4.43. The van der Waals surface area contributed by atoms with E-state index in [-0.39, 0.29) is 16.0 Å². The number of amidine groups is 1. The van der Waals surface area contributed by atoms with E-state index < -0.39 is 10.0 Å². The summed E-state index contributed by atoms with van der Waals surface area (Å²) in [5, 5.41) is 0.132. The fourth-order valence-corrected chi connectivity index (χ4v) is 5.93. The Morgan fingerprint density at radius 1 is 0.946 bits per heavy atom. The van der Waals surface area contributed by atoms with Crippen LogP contribution in [-0.4, -0.2) is 38.0 Å². The second kappa shape index (κ2) is 11.7. The predicted octanol–water partition coefficient (Wildman–Crippen LogP) is 5.52. The summed E-state index contributed by atoms with van der Waals surface area (Å²) in [5.41, 5.74) is 2.76. The maximum atomic E-state index is 13.1. The van der Waals surface area contributed by atoms with Crippen LogP contribution < -0.4 is 9.47 Å². The molecule has 3 aromatic rings. The molecule has 7 nitrogen and oxygen atoms in total. The molecule has 0 saturated carbocycles. The molecular formula is C28H28N2O5S2. The molecule has 0 atom stereocenters. The molecule has 0 spiro atoms. The van der Waals surface area contributed by atoms with Crippen molar-refractivity contribution in [3.63, 3.8) is 0 Å². The quantitative estimate of drug-likeness (QED) is 0.335. The summed E-state index contributed by atoms with van der Waals surface area (Å²) in [6.07, 6.45) is 2.51. The minimum atomic E-state index is -3.97. The molecule has 0 unspecified atom stereocenters. The maximum absolute atomic E-state index is 13.1. The number of sulfonamides is 1. The first-order chi connectivity index (χ1) is 17.8. The number of aryl methyl sites for hydroxylation is 1. The number of benzene rings is 3. The third-order valence-electron chi connectivity index (χ3n) is 5.75. The monoisotopic (exact) mass is 536 g/mol. The first kappa shape index (κ1) is 26.5. The van der Waals surface area contributed by atoms with E-state index in [1.807, 2.05) is 43.3 Å². The van der Waals surface area contributed by atoms with Gasteiger partial charge in [-0.2, -0.15) is 8.42 Å². The fourth-order valence-electron chi connectivity index (χ4n) is 3.69. The van der Waals surface area contributed by atoms with Gasteiger partial charge in [0.2, 0.25) is 0 Å². The van der Waals surface area contributed by atoms with Gasteiger partial charge in [-0.25, -0.2) is 0 Å². The van der Waals surface area contributed by atoms with Gasteiger partial charge >= 0.3 is 0 Å². The van der Waals surface area contributed by atoms with Crippen molar-refractivity contribution in [3.05, 3.63) is 94.4 Å². The Kier molecular flexibility index (Phi) is 8.35. The van der Waals surface area contributed by atoms with Crippen LogP contribution in [0.5, 0.6) is 11.5 Å². The number of likely N-dealkylation sites (N-methyl/N-ethyl adjacent to an activating group) is 1. The number of amides is 1. The number of carbonyl (C=O) groups is 1. The van der Waals surface area contributed by atoms with Gasteiger partial charge in [-0.3, -0.25) is 9.69 Å². The number of hydrogen-bond acceptors (Lipinski definition) is 6. The molecule has 1 aliphatic heterocycles. The van der Waals surface area contributed by atoms with Crippen molar-refractivity contribution in [3.8, 4) is 11.5 Å². The molecule has 3 aromatic carbocycles. The number of nitrogens with zero attached hydrogens (tertiary/aromatic N) is 2. The van der Waals surface area contributed by atoms with E-state index in [0.29, 0.717) is 29.6 Å². The third kappa shape index (κ3) is 6.23. The van der Waals surface area contributed by atoms with Gasteiger partial charge in [0.05, 0.1) is 16.9 Å². The standard InChI is InChI=1S/C28H28N2O5S2/c1-4-20-11-14-23(15-12-20)37(32,33)29-28-30(5-2)27(31)26(36-28)18-22-13-16-24(34-3)25(17-22)35-19-21-9-7-6-8-10-21/h6-18H,4-5,19H2,1-3H3. The van der Waals surface area contributed by atoms with Gasteiger partial charge in [-0.1, -0.05) is 55.5 Å². The summed E-state index contributed by atoms with van der Waals surface area (Å²) in [5.74, 6) is 0.807. The van der Waals surface area contributed by atoms with Crippen LogP contribution in [0.25, 0.3) is 6.08 Å². The lowest BCUT2D eigenvalue weighted by Gasteiger charge is -2.12. The minimum absolute atomic E-state index is 0.0918. The number of rotatable bonds is 9. The highest BCUT2D eigenvalue weighted by Crippen LogP contribution is 2.35. The lowest BCUT2D eigenvalue weighted by molar-refractivity contribution is -0.122. The second-order valence-corrected chi connectivity index (χ2v) is 10.8. The van der Waals surface area contributed by atoms with Gasteiger partial charge < -0.3 is 9.47 Å². The van der Waals surface area contributed by atoms with Gasteiger partial charge in [-0.05, 0) is 72.1 Å². The molecular weight excluding hydrogens is 508 g/mol. The molecule has 1 saturated heterocycles. The number of hydrogen-bond donors (Lipinski definition) is 0. The molecule has 0 radical (unpaired) electrons. The molecule has 1 fully saturated rings. The zero-order chi connectivity index (χ0) is 26.4. The smallest absolute Gasteiger partial charge is 0.284 e. The molecule has 4 rings (SSSR count). The van der Waals surface area contributed by atoms with Gasteiger partial charge in [-0.15, -0.1) is 4.40 Å². The highest BCUT2D eigenvalue weighted by molar-refractivity contribution is 8.19. The van der Waals surface area contributed by atoms with E-state index in [0.717, 1.165) is 34.9 Å². The fraction of sp³-hybridized carbons (Fsp3) is 0.214. The Balaban J connectivity index is 1.60. The molecule has 192 valence electrons. The molecule has 37 heavy (non-hydrogen) atoms. The van der Waals surface area contributed by atoms with E-state index in [1.54, 1.807) is 56.5 Å². The minimum Gasteiger partial charge on any atom is -0.493 e. The predicted molar refractivity (Wildman–Crippen MR) is 147 cm³/mol. The molecule has 1 amide bonds. The van der Waals surface area contributed by atoms with Crippen LogP contribution >= 0.6 is 11.8 Å². The average molecular weight is 537 g/mol. The van der Waals surface area contributed by atoms with Crippen LogP contribution in [0.2, 0.25) is 0 Å². The van der Waals surface area contributed by atoms with Crippen molar-refractivity contribution in [1.29, 1.82) is 0 Å². The molecule has 0 aliphatic carbocycles. The molecule has 0 N–H and O–H groups in total. The highest BCUT2D eigenvalue weighted by Gasteiger charge is 2.34. The highest BCUT2D eigenvalue weighted by atomic mass is 32.2. The number of ether oxygens (including phenoxy) is 2. The Morgan fingerprint density at radius 3 is 2.32 bits per heavy atom. The van der Waals surface area contributed by atoms with Gasteiger partial charge in [0.15, 0.2) is 16.7 Å². The van der Waals surface area contributed by atoms with Crippen molar-refractivity contribution in [2.24, 2.45) is 4.40 Å². The van der Waals surface area contributed by atoms with Crippen molar-refractivity contribution >= 4 is 38.9 Å². The van der Waals surface area contributed by atoms with Gasteiger partial charge in [0.1, 0.15) is 6.61 Å². The van der Waals surface area contributed by atoms with E-state index in [9.17, 15) is 13.2 Å². The molecule has 0 bridgehead atoms. The van der Waals surface area contributed by atoms with Crippen LogP contribution in [0.3, 0.4) is 0 Å². The summed E-state index contributed by atoms with van der Waals surface area (Å²) in [4.78, 5) is 14.9. The topological polar surface area (TPSA) is 85.3 Å². The van der Waals surface area contributed by atoms with Crippen LogP contribution in [0, 0.1) is 0 Å². The van der Waals surface area contributed by atoms with Crippen LogP contribution in [0.4, 0.5) is 0 Å². The van der Waals surface area contributed by atoms with Crippen molar-refractivity contribution in [1.82, 2.24) is 4.90 Å². The Bertz CT molecular complexity index is 1430. The van der Waals surface area contributed by atoms with E-state index in [2.05, 4.69) is 4.40 Å². The first-order valence-corrected chi connectivity index (χ1v) is 14.1. The number of carbonyl (C=O) groups excluding carboxylic acids is 1. The van der Waals surface area contributed by atoms with Crippen molar-refractivity contribution in [2.75, 3.05) is 13.7 Å². The van der Waals surface area contributed by atoms with Crippen LogP contribution in [0.1, 0.15) is 30.5 Å². The summed E-state index contributed by atoms with van der Waals surface area (Å²) >= 11 is 1.04. The summed E-state index contributed by atoms with van der Waals surface area (Å²) in [6, 6.07) is 21.8. The Labute approximate surface area is 221 Å². The lowest BCUT2D eigenvalue weighted by atomic mass is 10.1. The molecule has 1 aliphatic rings. The summed E-state index contributed by atoms with van der Waals surface area (Å²) < 4.78 is 41.3. The maximum Gasteiger partial charge on any atom is 0.284 e. The summed E-state index contributed by atoms with van der Waals surface area (Å²) in [7, 11) is -2.40. The SMILES string of the molecule is CCc1ccc(S(=O)(=O)N=C2SC(=Cc3ccc(OC)c(OCc4ccccc4)c3)C(=O)N2CC)cc1. The average Bonchev–Trinajstić information content (AvgIpc) is 3.20. The molecule has 9 heteroatoms. The lowest BCUT2D eigenvalue weighted by Crippen LogP contribution is -2.29. The number of methoxy groups -OCH3 is 1. The number of thioether (sulfide) groups is 1. The normalized spacial score (nSPS) is 16.0. The van der Waals surface area contributed by atoms with Crippen LogP contribution in [-0.2, 0) is 27.8 Å². The van der Waals surface area contributed by atoms with E-state index >= 15 is 0 Å². The zero-order valence-electron chi connectivity index (χ0n) is 20.9. The third-order valence-corrected chi connectivity index (χ3v) is 8.16.